The van der Waals surface area contributed by atoms with Crippen LogP contribution in [-0.4, -0.2) is 44.2 Å². The van der Waals surface area contributed by atoms with Crippen LogP contribution in [0.25, 0.3) is 0 Å². The van der Waals surface area contributed by atoms with Crippen molar-refractivity contribution < 1.29 is 14.6 Å². The van der Waals surface area contributed by atoms with Gasteiger partial charge >= 0.3 is 0 Å². The monoisotopic (exact) mass is 472 g/mol. The molecule has 0 atom stereocenters. The molecule has 2 aromatic rings. The van der Waals surface area contributed by atoms with E-state index in [1.807, 2.05) is 25.1 Å². The Hall–Kier alpha value is -2.49. The van der Waals surface area contributed by atoms with E-state index in [9.17, 15) is 9.90 Å². The summed E-state index contributed by atoms with van der Waals surface area (Å²) in [5, 5.41) is 14.0. The number of benzene rings is 1. The number of hydrogen-bond donors (Lipinski definition) is 2. The quantitative estimate of drug-likeness (QED) is 0.503. The first kappa shape index (κ1) is 24.2. The number of nitrogens with zero attached hydrogens (tertiary/aromatic N) is 3. The van der Waals surface area contributed by atoms with Crippen LogP contribution >= 0.6 is 23.5 Å². The van der Waals surface area contributed by atoms with Crippen molar-refractivity contribution in [1.29, 1.82) is 0 Å². The Morgan fingerprint density at radius 1 is 1.34 bits per heavy atom. The van der Waals surface area contributed by atoms with Gasteiger partial charge in [0.1, 0.15) is 17.4 Å². The van der Waals surface area contributed by atoms with E-state index in [1.165, 1.54) is 0 Å². The van der Waals surface area contributed by atoms with Gasteiger partial charge in [-0.1, -0.05) is 12.1 Å². The standard InChI is InChI=1S/C23H28N4O3S2/c1-16(27(15-29)14-19-13-25-17(2)26-22(19)24)21(7-8-28)23(31-9-10-32-23)12-18-5-4-6-20(11-18)30-3/h4-6,9-11,13,15,28H,7-8,12,14H2,1-3H3,(H2,24,25,26)/b21-16-. The number of methoxy groups -OCH3 is 1. The van der Waals surface area contributed by atoms with Crippen molar-refractivity contribution in [3.63, 3.8) is 0 Å². The molecule has 1 aliphatic heterocycles. The molecule has 1 amide bonds. The SMILES string of the molecule is COc1cccc(CC2(/C(CCO)=C(/C)N(C=O)Cc3cnc(C)nc3N)SC=CS2)c1. The lowest BCUT2D eigenvalue weighted by Gasteiger charge is -2.34. The first-order valence-electron chi connectivity index (χ1n) is 10.2. The van der Waals surface area contributed by atoms with Crippen LogP contribution in [0.5, 0.6) is 5.75 Å². The highest BCUT2D eigenvalue weighted by atomic mass is 32.2. The molecule has 1 aromatic carbocycles. The van der Waals surface area contributed by atoms with Crippen LogP contribution in [0, 0.1) is 6.92 Å². The van der Waals surface area contributed by atoms with Crippen molar-refractivity contribution >= 4 is 35.8 Å². The minimum absolute atomic E-state index is 0.0177. The second kappa shape index (κ2) is 10.9. The number of aryl methyl sites for hydroxylation is 1. The summed E-state index contributed by atoms with van der Waals surface area (Å²) in [4.78, 5) is 22.1. The lowest BCUT2D eigenvalue weighted by Crippen LogP contribution is -2.31. The molecular weight excluding hydrogens is 444 g/mol. The third-order valence-electron chi connectivity index (χ3n) is 5.32. The number of rotatable bonds is 10. The van der Waals surface area contributed by atoms with Gasteiger partial charge < -0.3 is 20.5 Å². The summed E-state index contributed by atoms with van der Waals surface area (Å²) in [5.74, 6) is 1.74. The molecule has 3 rings (SSSR count). The number of anilines is 1. The van der Waals surface area contributed by atoms with E-state index in [2.05, 4.69) is 26.9 Å². The Morgan fingerprint density at radius 3 is 2.72 bits per heavy atom. The second-order valence-corrected chi connectivity index (χ2v) is 10.1. The molecule has 9 heteroatoms. The Labute approximate surface area is 197 Å². The van der Waals surface area contributed by atoms with E-state index in [1.54, 1.807) is 48.7 Å². The Kier molecular flexibility index (Phi) is 8.22. The maximum Gasteiger partial charge on any atom is 0.214 e. The van der Waals surface area contributed by atoms with E-state index in [0.29, 0.717) is 30.0 Å². The zero-order valence-corrected chi connectivity index (χ0v) is 20.1. The minimum Gasteiger partial charge on any atom is -0.497 e. The van der Waals surface area contributed by atoms with Gasteiger partial charge in [0.2, 0.25) is 6.41 Å². The number of thioether (sulfide) groups is 2. The van der Waals surface area contributed by atoms with Crippen molar-refractivity contribution in [3.05, 3.63) is 69.5 Å². The topological polar surface area (TPSA) is 102 Å². The first-order valence-corrected chi connectivity index (χ1v) is 11.9. The van der Waals surface area contributed by atoms with Crippen molar-refractivity contribution in [2.45, 2.75) is 37.3 Å². The number of nitrogens with two attached hydrogens (primary N) is 1. The highest BCUT2D eigenvalue weighted by Crippen LogP contribution is 2.54. The maximum atomic E-state index is 12.1. The van der Waals surface area contributed by atoms with Crippen LogP contribution in [0.4, 0.5) is 5.82 Å². The molecule has 0 unspecified atom stereocenters. The number of carbonyl (C=O) groups excluding carboxylic acids is 1. The molecule has 1 aliphatic rings. The van der Waals surface area contributed by atoms with Crippen molar-refractivity contribution in [3.8, 4) is 5.75 Å². The molecule has 32 heavy (non-hydrogen) atoms. The van der Waals surface area contributed by atoms with Gasteiger partial charge in [0.25, 0.3) is 0 Å². The van der Waals surface area contributed by atoms with E-state index < -0.39 is 0 Å². The number of hydrogen-bond acceptors (Lipinski definition) is 8. The van der Waals surface area contributed by atoms with E-state index >= 15 is 0 Å². The molecule has 0 fully saturated rings. The number of aliphatic hydroxyl groups excluding tert-OH is 1. The number of amides is 1. The number of aromatic nitrogens is 2. The van der Waals surface area contributed by atoms with Gasteiger partial charge in [-0.15, -0.1) is 23.5 Å². The van der Waals surface area contributed by atoms with Crippen molar-refractivity contribution in [1.82, 2.24) is 14.9 Å². The molecule has 3 N–H and O–H groups in total. The van der Waals surface area contributed by atoms with Crippen LogP contribution in [0.15, 0.2) is 52.5 Å². The van der Waals surface area contributed by atoms with Crippen LogP contribution in [-0.2, 0) is 17.8 Å². The lowest BCUT2D eigenvalue weighted by atomic mass is 9.98. The van der Waals surface area contributed by atoms with Gasteiger partial charge in [-0.05, 0) is 54.4 Å². The molecule has 0 radical (unpaired) electrons. The molecule has 0 saturated carbocycles. The average molecular weight is 473 g/mol. The third-order valence-corrected chi connectivity index (χ3v) is 8.16. The number of ether oxygens (including phenoxy) is 1. The zero-order valence-electron chi connectivity index (χ0n) is 18.4. The Balaban J connectivity index is 1.99. The van der Waals surface area contributed by atoms with Gasteiger partial charge in [0.15, 0.2) is 0 Å². The fourth-order valence-corrected chi connectivity index (χ4v) is 6.40. The summed E-state index contributed by atoms with van der Waals surface area (Å²) in [6.45, 7) is 3.92. The van der Waals surface area contributed by atoms with E-state index in [-0.39, 0.29) is 17.2 Å². The molecule has 7 nitrogen and oxygen atoms in total. The molecule has 0 aliphatic carbocycles. The van der Waals surface area contributed by atoms with Gasteiger partial charge in [-0.25, -0.2) is 9.97 Å². The fraction of sp³-hybridized carbons (Fsp3) is 0.348. The summed E-state index contributed by atoms with van der Waals surface area (Å²) in [6, 6.07) is 7.98. The fourth-order valence-electron chi connectivity index (χ4n) is 3.67. The molecule has 170 valence electrons. The smallest absolute Gasteiger partial charge is 0.214 e. The predicted octanol–water partition coefficient (Wildman–Crippen LogP) is 3.88. The van der Waals surface area contributed by atoms with E-state index in [0.717, 1.165) is 29.0 Å². The van der Waals surface area contributed by atoms with Crippen LogP contribution in [0.3, 0.4) is 0 Å². The van der Waals surface area contributed by atoms with Gasteiger partial charge in [-0.2, -0.15) is 0 Å². The minimum atomic E-state index is -0.379. The summed E-state index contributed by atoms with van der Waals surface area (Å²) >= 11 is 3.39. The highest BCUT2D eigenvalue weighted by molar-refractivity contribution is 8.23. The van der Waals surface area contributed by atoms with E-state index in [4.69, 9.17) is 10.5 Å². The molecule has 2 heterocycles. The third kappa shape index (κ3) is 5.46. The number of aliphatic hydroxyl groups is 1. The maximum absolute atomic E-state index is 12.1. The Morgan fingerprint density at radius 2 is 2.09 bits per heavy atom. The molecule has 1 aromatic heterocycles. The highest BCUT2D eigenvalue weighted by Gasteiger charge is 2.39. The molecule has 0 saturated heterocycles. The Bertz CT molecular complexity index is 1020. The number of allylic oxidation sites excluding steroid dienone is 1. The second-order valence-electron chi connectivity index (χ2n) is 7.39. The number of nitrogen functional groups attached to an aromatic ring is 1. The van der Waals surface area contributed by atoms with Gasteiger partial charge in [0, 0.05) is 30.5 Å². The normalized spacial score (nSPS) is 15.4. The average Bonchev–Trinajstić information content (AvgIpc) is 3.25. The van der Waals surface area contributed by atoms with Crippen LogP contribution in [0.1, 0.15) is 30.3 Å². The van der Waals surface area contributed by atoms with Crippen LogP contribution in [0.2, 0.25) is 0 Å². The summed E-state index contributed by atoms with van der Waals surface area (Å²) in [5.41, 5.74) is 9.64. The van der Waals surface area contributed by atoms with Crippen molar-refractivity contribution in [2.24, 2.45) is 0 Å². The van der Waals surface area contributed by atoms with Gasteiger partial charge in [0.05, 0.1) is 17.7 Å². The molecule has 0 bridgehead atoms. The van der Waals surface area contributed by atoms with Gasteiger partial charge in [-0.3, -0.25) is 4.79 Å². The zero-order chi connectivity index (χ0) is 23.1. The van der Waals surface area contributed by atoms with Crippen molar-refractivity contribution in [2.75, 3.05) is 19.5 Å². The summed E-state index contributed by atoms with van der Waals surface area (Å²) in [6.07, 6.45) is 3.60. The summed E-state index contributed by atoms with van der Waals surface area (Å²) < 4.78 is 5.01. The summed E-state index contributed by atoms with van der Waals surface area (Å²) in [7, 11) is 1.65. The number of carbonyl (C=O) groups is 1. The molecular formula is C23H28N4O3S2. The van der Waals surface area contributed by atoms with Crippen LogP contribution < -0.4 is 10.5 Å². The predicted molar refractivity (Wildman–Crippen MR) is 131 cm³/mol. The molecule has 0 spiro atoms. The first-order chi connectivity index (χ1) is 15.4. The largest absolute Gasteiger partial charge is 0.497 e. The lowest BCUT2D eigenvalue weighted by molar-refractivity contribution is -0.117.